The van der Waals surface area contributed by atoms with E-state index in [0.29, 0.717) is 12.2 Å². The molecule has 46 heavy (non-hydrogen) atoms. The third-order valence-corrected chi connectivity index (χ3v) is 10.2. The summed E-state index contributed by atoms with van der Waals surface area (Å²) < 4.78 is 52.7. The average Bonchev–Trinajstić information content (AvgIpc) is 3.09. The van der Waals surface area contributed by atoms with Gasteiger partial charge in [0.25, 0.3) is 10.0 Å². The summed E-state index contributed by atoms with van der Waals surface area (Å²) in [6, 6.07) is 27.4. The minimum Gasteiger partial charge on any atom is -0.493 e. The lowest BCUT2D eigenvalue weighted by Gasteiger charge is -2.43. The number of rotatable bonds is 10. The second-order valence-corrected chi connectivity index (χ2v) is 13.5. The Morgan fingerprint density at radius 2 is 1.52 bits per heavy atom. The molecule has 6 rings (SSSR count). The van der Waals surface area contributed by atoms with Crippen LogP contribution in [0.3, 0.4) is 0 Å². The molecule has 1 saturated heterocycles. The highest BCUT2D eigenvalue weighted by Gasteiger charge is 2.39. The molecule has 242 valence electrons. The Labute approximate surface area is 270 Å². The van der Waals surface area contributed by atoms with Gasteiger partial charge >= 0.3 is 0 Å². The fourth-order valence-corrected chi connectivity index (χ4v) is 7.28. The van der Waals surface area contributed by atoms with Gasteiger partial charge in [0, 0.05) is 36.8 Å². The molecule has 2 aliphatic rings. The summed E-state index contributed by atoms with van der Waals surface area (Å²) in [5, 5.41) is 9.58. The fourth-order valence-electron chi connectivity index (χ4n) is 6.20. The van der Waals surface area contributed by atoms with Crippen LogP contribution in [-0.4, -0.2) is 51.8 Å². The van der Waals surface area contributed by atoms with E-state index in [1.807, 2.05) is 36.4 Å². The zero-order valence-corrected chi connectivity index (χ0v) is 27.1. The first-order valence-corrected chi connectivity index (χ1v) is 16.9. The Hall–Kier alpha value is -3.93. The summed E-state index contributed by atoms with van der Waals surface area (Å²) in [6.45, 7) is 4.48. The molecule has 0 bridgehead atoms. The predicted molar refractivity (Wildman–Crippen MR) is 175 cm³/mol. The SMILES string of the molecule is COc1cc2c(cc1OC)CN(C[C@H]1O[C@@H](c3ccc(NS(=O)(=O)c4ccccc4)cc3)O[C@@H](c3ccc(CO)cc3)[C@H]1C)CC2. The Morgan fingerprint density at radius 3 is 2.17 bits per heavy atom. The molecule has 4 aromatic rings. The van der Waals surface area contributed by atoms with Crippen LogP contribution >= 0.6 is 0 Å². The van der Waals surface area contributed by atoms with Gasteiger partial charge in [0.15, 0.2) is 17.8 Å². The maximum atomic E-state index is 12.9. The smallest absolute Gasteiger partial charge is 0.261 e. The molecule has 0 aromatic heterocycles. The van der Waals surface area contributed by atoms with Crippen molar-refractivity contribution in [2.45, 2.75) is 49.9 Å². The van der Waals surface area contributed by atoms with Crippen molar-refractivity contribution in [1.82, 2.24) is 4.90 Å². The normalized spacial score (nSPS) is 21.7. The quantitative estimate of drug-likeness (QED) is 0.222. The maximum absolute atomic E-state index is 12.9. The number of hydrogen-bond acceptors (Lipinski definition) is 8. The monoisotopic (exact) mass is 644 g/mol. The topological polar surface area (TPSA) is 107 Å². The fraction of sp³-hybridized carbons (Fsp3) is 0.333. The molecular formula is C36H40N2O7S. The number of nitrogens with zero attached hydrogens (tertiary/aromatic N) is 1. The van der Waals surface area contributed by atoms with Crippen LogP contribution in [0.2, 0.25) is 0 Å². The van der Waals surface area contributed by atoms with Crippen LogP contribution in [0.4, 0.5) is 5.69 Å². The van der Waals surface area contributed by atoms with Gasteiger partial charge in [-0.15, -0.1) is 0 Å². The van der Waals surface area contributed by atoms with Crippen molar-refractivity contribution in [3.05, 3.63) is 119 Å². The molecule has 4 atom stereocenters. The average molecular weight is 645 g/mol. The highest BCUT2D eigenvalue weighted by atomic mass is 32.2. The first-order valence-electron chi connectivity index (χ1n) is 15.4. The third kappa shape index (κ3) is 6.91. The highest BCUT2D eigenvalue weighted by molar-refractivity contribution is 7.92. The maximum Gasteiger partial charge on any atom is 0.261 e. The molecule has 2 heterocycles. The Bertz CT molecular complexity index is 1730. The minimum atomic E-state index is -3.71. The van der Waals surface area contributed by atoms with Crippen LogP contribution in [0.25, 0.3) is 0 Å². The van der Waals surface area contributed by atoms with Gasteiger partial charge in [-0.3, -0.25) is 9.62 Å². The number of aliphatic hydroxyl groups excluding tert-OH is 1. The number of fused-ring (bicyclic) bond motifs is 1. The molecule has 0 unspecified atom stereocenters. The molecule has 2 aliphatic heterocycles. The van der Waals surface area contributed by atoms with E-state index in [1.54, 1.807) is 56.7 Å². The molecule has 1 fully saturated rings. The summed E-state index contributed by atoms with van der Waals surface area (Å²) in [5.41, 5.74) is 5.56. The van der Waals surface area contributed by atoms with Crippen LogP contribution in [0.15, 0.2) is 95.9 Å². The minimum absolute atomic E-state index is 0.0246. The van der Waals surface area contributed by atoms with Gasteiger partial charge in [0.05, 0.1) is 37.9 Å². The van der Waals surface area contributed by atoms with Crippen LogP contribution in [-0.2, 0) is 39.1 Å². The number of nitrogens with one attached hydrogen (secondary N) is 1. The Balaban J connectivity index is 1.23. The van der Waals surface area contributed by atoms with Crippen molar-refractivity contribution in [2.24, 2.45) is 5.92 Å². The van der Waals surface area contributed by atoms with Crippen molar-refractivity contribution < 1.29 is 32.5 Å². The standard InChI is InChI=1S/C36H40N2O7S/c1-24-34(22-38-18-17-28-19-32(42-2)33(43-3)20-29(28)21-38)44-36(45-35(24)26-11-9-25(23-39)10-12-26)27-13-15-30(16-14-27)37-46(40,41)31-7-5-4-6-8-31/h4-16,19-20,24,34-37,39H,17-18,21-23H2,1-3H3/t24-,34+,35+,36+/m0/s1. The number of ether oxygens (including phenoxy) is 4. The van der Waals surface area contributed by atoms with Gasteiger partial charge < -0.3 is 24.1 Å². The lowest BCUT2D eigenvalue weighted by Crippen LogP contribution is -2.45. The molecule has 2 N–H and O–H groups in total. The van der Waals surface area contributed by atoms with Crippen molar-refractivity contribution in [2.75, 3.05) is 32.0 Å². The molecule has 0 saturated carbocycles. The van der Waals surface area contributed by atoms with E-state index in [2.05, 4.69) is 28.7 Å². The van der Waals surface area contributed by atoms with Crippen LogP contribution in [0, 0.1) is 5.92 Å². The molecule has 0 spiro atoms. The van der Waals surface area contributed by atoms with Crippen molar-refractivity contribution in [3.8, 4) is 11.5 Å². The lowest BCUT2D eigenvalue weighted by molar-refractivity contribution is -0.276. The van der Waals surface area contributed by atoms with Crippen molar-refractivity contribution >= 4 is 15.7 Å². The molecular weight excluding hydrogens is 604 g/mol. The van der Waals surface area contributed by atoms with E-state index in [4.69, 9.17) is 18.9 Å². The highest BCUT2D eigenvalue weighted by Crippen LogP contribution is 2.42. The summed E-state index contributed by atoms with van der Waals surface area (Å²) in [5.74, 6) is 1.49. The third-order valence-electron chi connectivity index (χ3n) is 8.85. The van der Waals surface area contributed by atoms with E-state index in [-0.39, 0.29) is 29.6 Å². The Morgan fingerprint density at radius 1 is 0.870 bits per heavy atom. The number of hydrogen-bond donors (Lipinski definition) is 2. The lowest BCUT2D eigenvalue weighted by atomic mass is 9.89. The van der Waals surface area contributed by atoms with E-state index in [0.717, 1.165) is 47.7 Å². The summed E-state index contributed by atoms with van der Waals surface area (Å²) in [4.78, 5) is 2.60. The Kier molecular flexibility index (Phi) is 9.62. The first kappa shape index (κ1) is 32.0. The van der Waals surface area contributed by atoms with Crippen molar-refractivity contribution in [1.29, 1.82) is 0 Å². The van der Waals surface area contributed by atoms with Crippen molar-refractivity contribution in [3.63, 3.8) is 0 Å². The van der Waals surface area contributed by atoms with Crippen LogP contribution < -0.4 is 14.2 Å². The molecule has 10 heteroatoms. The molecule has 0 radical (unpaired) electrons. The van der Waals surface area contributed by atoms with E-state index < -0.39 is 16.3 Å². The largest absolute Gasteiger partial charge is 0.493 e. The number of anilines is 1. The van der Waals surface area contributed by atoms with Gasteiger partial charge in [-0.1, -0.05) is 61.5 Å². The van der Waals surface area contributed by atoms with Gasteiger partial charge in [0.1, 0.15) is 0 Å². The summed E-state index contributed by atoms with van der Waals surface area (Å²) in [6.07, 6.45) is -0.179. The van der Waals surface area contributed by atoms with E-state index in [9.17, 15) is 13.5 Å². The zero-order valence-electron chi connectivity index (χ0n) is 26.3. The second kappa shape index (κ2) is 13.8. The second-order valence-electron chi connectivity index (χ2n) is 11.8. The molecule has 0 amide bonds. The van der Waals surface area contributed by atoms with Gasteiger partial charge in [-0.05, 0) is 65.1 Å². The van der Waals surface area contributed by atoms with Gasteiger partial charge in [0.2, 0.25) is 0 Å². The molecule has 4 aromatic carbocycles. The first-order chi connectivity index (χ1) is 22.3. The molecule has 9 nitrogen and oxygen atoms in total. The van der Waals surface area contributed by atoms with Gasteiger partial charge in [-0.2, -0.15) is 0 Å². The van der Waals surface area contributed by atoms with Crippen LogP contribution in [0.1, 0.15) is 47.1 Å². The predicted octanol–water partition coefficient (Wildman–Crippen LogP) is 5.85. The molecule has 0 aliphatic carbocycles. The van der Waals surface area contributed by atoms with Gasteiger partial charge in [-0.25, -0.2) is 8.42 Å². The van der Waals surface area contributed by atoms with E-state index in [1.165, 1.54) is 11.1 Å². The van der Waals surface area contributed by atoms with Crippen LogP contribution in [0.5, 0.6) is 11.5 Å². The number of methoxy groups -OCH3 is 2. The zero-order chi connectivity index (χ0) is 32.3. The van der Waals surface area contributed by atoms with E-state index >= 15 is 0 Å². The number of aliphatic hydroxyl groups is 1. The number of sulfonamides is 1. The summed E-state index contributed by atoms with van der Waals surface area (Å²) in [7, 11) is -0.404. The summed E-state index contributed by atoms with van der Waals surface area (Å²) >= 11 is 0. The number of benzene rings is 4.